The smallest absolute Gasteiger partial charge is 0.422 e. The Bertz CT molecular complexity index is 790. The average Bonchev–Trinajstić information content (AvgIpc) is 3.11. The fourth-order valence-electron chi connectivity index (χ4n) is 2.36. The van der Waals surface area contributed by atoms with Crippen LogP contribution in [0.15, 0.2) is 28.6 Å². The van der Waals surface area contributed by atoms with E-state index < -0.39 is 12.8 Å². The molecular weight excluding hydrogens is 389 g/mol. The first-order chi connectivity index (χ1) is 13.3. The van der Waals surface area contributed by atoms with Gasteiger partial charge in [-0.1, -0.05) is 19.1 Å². The predicted molar refractivity (Wildman–Crippen MR) is 106 cm³/mol. The lowest BCUT2D eigenvalue weighted by molar-refractivity contribution is -0.153. The van der Waals surface area contributed by atoms with Gasteiger partial charge >= 0.3 is 6.18 Å². The van der Waals surface area contributed by atoms with Crippen molar-refractivity contribution in [3.63, 3.8) is 0 Å². The van der Waals surface area contributed by atoms with Crippen LogP contribution in [0.3, 0.4) is 0 Å². The summed E-state index contributed by atoms with van der Waals surface area (Å²) in [5.41, 5.74) is 2.34. The number of nitrogens with one attached hydrogen (secondary N) is 2. The molecule has 1 aromatic heterocycles. The molecule has 2 rings (SSSR count). The Morgan fingerprint density at radius 3 is 2.68 bits per heavy atom. The lowest BCUT2D eigenvalue weighted by Crippen LogP contribution is -2.36. The van der Waals surface area contributed by atoms with Crippen LogP contribution in [0.4, 0.5) is 13.2 Å². The highest BCUT2D eigenvalue weighted by Gasteiger charge is 2.28. The SMILES string of the molecule is CCNC(=NCc1ccc(C)cc1OCC(F)(F)F)NCc1csc(CC)n1. The van der Waals surface area contributed by atoms with Gasteiger partial charge in [-0.25, -0.2) is 9.98 Å². The average molecular weight is 414 g/mol. The number of rotatable bonds is 8. The zero-order valence-electron chi connectivity index (χ0n) is 16.2. The lowest BCUT2D eigenvalue weighted by Gasteiger charge is -2.14. The first-order valence-corrected chi connectivity index (χ1v) is 9.93. The van der Waals surface area contributed by atoms with Crippen LogP contribution in [0, 0.1) is 6.92 Å². The minimum absolute atomic E-state index is 0.195. The third kappa shape index (κ3) is 7.38. The second-order valence-corrected chi connectivity index (χ2v) is 7.09. The van der Waals surface area contributed by atoms with E-state index in [1.807, 2.05) is 18.4 Å². The number of aliphatic imine (C=N–C) groups is 1. The largest absolute Gasteiger partial charge is 0.484 e. The molecule has 0 fully saturated rings. The summed E-state index contributed by atoms with van der Waals surface area (Å²) in [7, 11) is 0. The summed E-state index contributed by atoms with van der Waals surface area (Å²) in [5, 5.41) is 9.39. The van der Waals surface area contributed by atoms with Crippen LogP contribution in [0.25, 0.3) is 0 Å². The summed E-state index contributed by atoms with van der Waals surface area (Å²) in [5.74, 6) is 0.764. The lowest BCUT2D eigenvalue weighted by atomic mass is 10.1. The van der Waals surface area contributed by atoms with Crippen molar-refractivity contribution >= 4 is 17.3 Å². The van der Waals surface area contributed by atoms with E-state index >= 15 is 0 Å². The van der Waals surface area contributed by atoms with E-state index in [-0.39, 0.29) is 12.3 Å². The van der Waals surface area contributed by atoms with Gasteiger partial charge in [0.2, 0.25) is 0 Å². The van der Waals surface area contributed by atoms with Crippen molar-refractivity contribution in [1.82, 2.24) is 15.6 Å². The maximum absolute atomic E-state index is 12.5. The third-order valence-electron chi connectivity index (χ3n) is 3.70. The molecule has 0 spiro atoms. The Hall–Kier alpha value is -2.29. The minimum atomic E-state index is -4.38. The first kappa shape index (κ1) is 22.0. The zero-order valence-corrected chi connectivity index (χ0v) is 17.0. The van der Waals surface area contributed by atoms with Gasteiger partial charge in [-0.05, 0) is 31.9 Å². The number of alkyl halides is 3. The molecule has 1 aromatic carbocycles. The van der Waals surface area contributed by atoms with Gasteiger partial charge in [0, 0.05) is 17.5 Å². The standard InChI is InChI=1S/C19H25F3N4OS/c1-4-17-26-15(11-28-17)10-25-18(23-5-2)24-9-14-7-6-13(3)8-16(14)27-12-19(20,21)22/h6-8,11H,4-5,9-10,12H2,1-3H3,(H2,23,24,25). The van der Waals surface area contributed by atoms with Gasteiger partial charge < -0.3 is 15.4 Å². The van der Waals surface area contributed by atoms with E-state index in [0.29, 0.717) is 24.6 Å². The third-order valence-corrected chi connectivity index (χ3v) is 4.75. The summed E-state index contributed by atoms with van der Waals surface area (Å²) < 4.78 is 42.5. The van der Waals surface area contributed by atoms with E-state index in [2.05, 4.69) is 27.5 Å². The summed E-state index contributed by atoms with van der Waals surface area (Å²) in [6.45, 7) is 5.86. The molecular formula is C19H25F3N4OS. The summed E-state index contributed by atoms with van der Waals surface area (Å²) >= 11 is 1.62. The molecule has 0 bridgehead atoms. The summed E-state index contributed by atoms with van der Waals surface area (Å²) in [4.78, 5) is 8.97. The number of halogens is 3. The maximum atomic E-state index is 12.5. The van der Waals surface area contributed by atoms with Gasteiger partial charge in [0.25, 0.3) is 0 Å². The molecule has 0 unspecified atom stereocenters. The molecule has 2 aromatic rings. The Morgan fingerprint density at radius 1 is 1.25 bits per heavy atom. The fraction of sp³-hybridized carbons (Fsp3) is 0.474. The molecule has 0 aliphatic carbocycles. The van der Waals surface area contributed by atoms with Crippen LogP contribution < -0.4 is 15.4 Å². The molecule has 1 heterocycles. The fourth-order valence-corrected chi connectivity index (χ4v) is 3.10. The molecule has 0 atom stereocenters. The number of benzene rings is 1. The van der Waals surface area contributed by atoms with Gasteiger partial charge in [-0.15, -0.1) is 11.3 Å². The van der Waals surface area contributed by atoms with E-state index in [4.69, 9.17) is 4.74 Å². The number of nitrogens with zero attached hydrogens (tertiary/aromatic N) is 2. The van der Waals surface area contributed by atoms with Crippen molar-refractivity contribution in [3.8, 4) is 5.75 Å². The Labute approximate surface area is 167 Å². The number of hydrogen-bond acceptors (Lipinski definition) is 4. The monoisotopic (exact) mass is 414 g/mol. The van der Waals surface area contributed by atoms with Crippen LogP contribution in [-0.4, -0.2) is 30.3 Å². The number of hydrogen-bond donors (Lipinski definition) is 2. The van der Waals surface area contributed by atoms with Crippen LogP contribution in [0.2, 0.25) is 0 Å². The van der Waals surface area contributed by atoms with Gasteiger partial charge in [0.05, 0.1) is 23.8 Å². The second kappa shape index (κ2) is 10.3. The predicted octanol–water partition coefficient (Wildman–Crippen LogP) is 4.21. The van der Waals surface area contributed by atoms with Crippen molar-refractivity contribution < 1.29 is 17.9 Å². The van der Waals surface area contributed by atoms with Crippen molar-refractivity contribution in [1.29, 1.82) is 0 Å². The van der Waals surface area contributed by atoms with E-state index in [9.17, 15) is 13.2 Å². The molecule has 0 saturated heterocycles. The van der Waals surface area contributed by atoms with Crippen molar-refractivity contribution in [2.45, 2.75) is 46.5 Å². The molecule has 0 radical (unpaired) electrons. The quantitative estimate of drug-likeness (QED) is 0.502. The van der Waals surface area contributed by atoms with E-state index in [1.165, 1.54) is 0 Å². The number of thiazole rings is 1. The van der Waals surface area contributed by atoms with E-state index in [1.54, 1.807) is 30.4 Å². The van der Waals surface area contributed by atoms with Gasteiger partial charge in [0.1, 0.15) is 5.75 Å². The molecule has 0 aliphatic heterocycles. The normalized spacial score (nSPS) is 12.1. The highest BCUT2D eigenvalue weighted by atomic mass is 32.1. The molecule has 0 saturated carbocycles. The highest BCUT2D eigenvalue weighted by molar-refractivity contribution is 7.09. The van der Waals surface area contributed by atoms with Crippen LogP contribution in [0.5, 0.6) is 5.75 Å². The number of aryl methyl sites for hydroxylation is 2. The Kier molecular flexibility index (Phi) is 8.10. The van der Waals surface area contributed by atoms with Gasteiger partial charge in [-0.2, -0.15) is 13.2 Å². The summed E-state index contributed by atoms with van der Waals surface area (Å²) in [6, 6.07) is 5.16. The van der Waals surface area contributed by atoms with Crippen LogP contribution in [0.1, 0.15) is 35.7 Å². The number of aromatic nitrogens is 1. The molecule has 0 amide bonds. The first-order valence-electron chi connectivity index (χ1n) is 9.05. The van der Waals surface area contributed by atoms with Crippen LogP contribution >= 0.6 is 11.3 Å². The number of ether oxygens (including phenoxy) is 1. The molecule has 154 valence electrons. The van der Waals surface area contributed by atoms with E-state index in [0.717, 1.165) is 22.7 Å². The Morgan fingerprint density at radius 2 is 2.04 bits per heavy atom. The number of guanidine groups is 1. The minimum Gasteiger partial charge on any atom is -0.484 e. The van der Waals surface area contributed by atoms with Gasteiger partial charge in [0.15, 0.2) is 12.6 Å². The highest BCUT2D eigenvalue weighted by Crippen LogP contribution is 2.24. The van der Waals surface area contributed by atoms with Crippen molar-refractivity contribution in [3.05, 3.63) is 45.4 Å². The van der Waals surface area contributed by atoms with Gasteiger partial charge in [-0.3, -0.25) is 0 Å². The molecule has 2 N–H and O–H groups in total. The van der Waals surface area contributed by atoms with Crippen molar-refractivity contribution in [2.24, 2.45) is 4.99 Å². The molecule has 9 heteroatoms. The molecule has 28 heavy (non-hydrogen) atoms. The summed E-state index contributed by atoms with van der Waals surface area (Å²) in [6.07, 6.45) is -3.49. The second-order valence-electron chi connectivity index (χ2n) is 6.15. The van der Waals surface area contributed by atoms with Crippen LogP contribution in [-0.2, 0) is 19.5 Å². The molecule has 5 nitrogen and oxygen atoms in total. The zero-order chi connectivity index (χ0) is 20.6. The topological polar surface area (TPSA) is 58.5 Å². The Balaban J connectivity index is 2.06. The van der Waals surface area contributed by atoms with Crippen molar-refractivity contribution in [2.75, 3.05) is 13.2 Å². The molecule has 0 aliphatic rings. The maximum Gasteiger partial charge on any atom is 0.422 e.